The minimum absolute atomic E-state index is 0.0819. The molecule has 5 nitrogen and oxygen atoms in total. The molecule has 1 fully saturated rings. The van der Waals surface area contributed by atoms with Gasteiger partial charge in [0.1, 0.15) is 5.75 Å². The molecular weight excluding hydrogens is 264 g/mol. The fourth-order valence-electron chi connectivity index (χ4n) is 2.19. The Labute approximate surface area is 114 Å². The lowest BCUT2D eigenvalue weighted by molar-refractivity contribution is 0.409. The molecule has 1 saturated carbocycles. The van der Waals surface area contributed by atoms with Gasteiger partial charge in [-0.05, 0) is 30.5 Å². The number of benzene rings is 1. The van der Waals surface area contributed by atoms with E-state index in [0.29, 0.717) is 17.2 Å². The molecule has 19 heavy (non-hydrogen) atoms. The van der Waals surface area contributed by atoms with Gasteiger partial charge in [0.15, 0.2) is 0 Å². The molecule has 0 heterocycles. The first kappa shape index (κ1) is 14.3. The highest BCUT2D eigenvalue weighted by molar-refractivity contribution is 7.89. The third-order valence-electron chi connectivity index (χ3n) is 3.54. The van der Waals surface area contributed by atoms with Crippen LogP contribution in [0.5, 0.6) is 5.75 Å². The first-order chi connectivity index (χ1) is 9.01. The molecule has 0 amide bonds. The number of ether oxygens (including phenoxy) is 1. The molecule has 1 aromatic rings. The Morgan fingerprint density at radius 2 is 2.21 bits per heavy atom. The zero-order chi connectivity index (χ0) is 14.0. The molecule has 0 spiro atoms. The summed E-state index contributed by atoms with van der Waals surface area (Å²) in [6.45, 7) is 2.31. The number of methoxy groups -OCH3 is 1. The van der Waals surface area contributed by atoms with Crippen molar-refractivity contribution >= 4 is 10.0 Å². The summed E-state index contributed by atoms with van der Waals surface area (Å²) < 4.78 is 32.3. The Morgan fingerprint density at radius 1 is 1.47 bits per heavy atom. The number of hydrogen-bond acceptors (Lipinski definition) is 4. The van der Waals surface area contributed by atoms with E-state index in [1.165, 1.54) is 7.11 Å². The topological polar surface area (TPSA) is 81.4 Å². The monoisotopic (exact) mass is 284 g/mol. The summed E-state index contributed by atoms with van der Waals surface area (Å²) in [7, 11) is -1.92. The van der Waals surface area contributed by atoms with E-state index in [4.69, 9.17) is 10.5 Å². The molecule has 2 atom stereocenters. The summed E-state index contributed by atoms with van der Waals surface area (Å²) in [5.74, 6) is 1.08. The molecule has 6 heteroatoms. The molecule has 0 saturated heterocycles. The van der Waals surface area contributed by atoms with Crippen molar-refractivity contribution in [3.63, 3.8) is 0 Å². The maximum Gasteiger partial charge on any atom is 0.240 e. The Hall–Kier alpha value is -1.11. The molecule has 0 radical (unpaired) electrons. The van der Waals surface area contributed by atoms with Crippen LogP contribution in [0.15, 0.2) is 23.1 Å². The highest BCUT2D eigenvalue weighted by Gasteiger charge is 2.38. The second kappa shape index (κ2) is 5.48. The number of rotatable bonds is 6. The molecule has 2 unspecified atom stereocenters. The van der Waals surface area contributed by atoms with Gasteiger partial charge in [-0.15, -0.1) is 0 Å². The molecule has 2 rings (SSSR count). The van der Waals surface area contributed by atoms with E-state index in [2.05, 4.69) is 11.6 Å². The molecular formula is C13H20N2O3S. The van der Waals surface area contributed by atoms with Crippen LogP contribution in [0.2, 0.25) is 0 Å². The average Bonchev–Trinajstić information content (AvgIpc) is 3.15. The highest BCUT2D eigenvalue weighted by atomic mass is 32.2. The van der Waals surface area contributed by atoms with Gasteiger partial charge in [-0.1, -0.05) is 13.3 Å². The quantitative estimate of drug-likeness (QED) is 0.823. The largest absolute Gasteiger partial charge is 0.496 e. The average molecular weight is 284 g/mol. The first-order valence-corrected chi connectivity index (χ1v) is 7.89. The molecule has 1 aromatic carbocycles. The van der Waals surface area contributed by atoms with Crippen molar-refractivity contribution in [2.24, 2.45) is 11.7 Å². The predicted octanol–water partition coefficient (Wildman–Crippen LogP) is 1.23. The summed E-state index contributed by atoms with van der Waals surface area (Å²) in [6.07, 6.45) is 1.93. The molecule has 0 bridgehead atoms. The van der Waals surface area contributed by atoms with E-state index in [9.17, 15) is 8.42 Å². The number of nitrogens with one attached hydrogen (secondary N) is 1. The highest BCUT2D eigenvalue weighted by Crippen LogP contribution is 2.34. The van der Waals surface area contributed by atoms with Gasteiger partial charge >= 0.3 is 0 Å². The minimum atomic E-state index is -3.46. The van der Waals surface area contributed by atoms with E-state index in [-0.39, 0.29) is 17.5 Å². The Balaban J connectivity index is 2.21. The Kier molecular flexibility index (Phi) is 4.13. The fraction of sp³-hybridized carbons (Fsp3) is 0.538. The van der Waals surface area contributed by atoms with Crippen LogP contribution < -0.4 is 15.2 Å². The third kappa shape index (κ3) is 3.08. The van der Waals surface area contributed by atoms with Crippen LogP contribution in [0.4, 0.5) is 0 Å². The molecule has 0 aliphatic heterocycles. The smallest absolute Gasteiger partial charge is 0.240 e. The van der Waals surface area contributed by atoms with Crippen molar-refractivity contribution in [2.45, 2.75) is 37.2 Å². The van der Waals surface area contributed by atoms with Crippen molar-refractivity contribution in [2.75, 3.05) is 7.11 Å². The van der Waals surface area contributed by atoms with Crippen LogP contribution in [-0.2, 0) is 16.6 Å². The van der Waals surface area contributed by atoms with E-state index in [1.54, 1.807) is 18.2 Å². The summed E-state index contributed by atoms with van der Waals surface area (Å²) in [5.41, 5.74) is 6.29. The van der Waals surface area contributed by atoms with Crippen LogP contribution in [0.1, 0.15) is 25.3 Å². The first-order valence-electron chi connectivity index (χ1n) is 6.41. The fourth-order valence-corrected chi connectivity index (χ4v) is 3.56. The van der Waals surface area contributed by atoms with Gasteiger partial charge in [-0.25, -0.2) is 13.1 Å². The zero-order valence-electron chi connectivity index (χ0n) is 11.2. The van der Waals surface area contributed by atoms with Crippen molar-refractivity contribution < 1.29 is 13.2 Å². The van der Waals surface area contributed by atoms with Crippen molar-refractivity contribution in [1.82, 2.24) is 4.72 Å². The second-order valence-corrected chi connectivity index (χ2v) is 6.52. The minimum Gasteiger partial charge on any atom is -0.496 e. The van der Waals surface area contributed by atoms with Gasteiger partial charge in [-0.2, -0.15) is 0 Å². The van der Waals surface area contributed by atoms with Crippen LogP contribution in [0.25, 0.3) is 0 Å². The van der Waals surface area contributed by atoms with E-state index in [0.717, 1.165) is 12.8 Å². The zero-order valence-corrected chi connectivity index (χ0v) is 12.0. The molecule has 0 aromatic heterocycles. The van der Waals surface area contributed by atoms with Crippen LogP contribution in [0, 0.1) is 5.92 Å². The SMILES string of the molecule is CCC1CC1NS(=O)(=O)c1ccc(OC)c(CN)c1. The standard InChI is InChI=1S/C13H20N2O3S/c1-3-9-7-12(9)15-19(16,17)11-4-5-13(18-2)10(6-11)8-14/h4-6,9,12,15H,3,7-8,14H2,1-2H3. The maximum atomic E-state index is 12.2. The van der Waals surface area contributed by atoms with Crippen LogP contribution >= 0.6 is 0 Å². The van der Waals surface area contributed by atoms with E-state index >= 15 is 0 Å². The lowest BCUT2D eigenvalue weighted by Gasteiger charge is -2.10. The third-order valence-corrected chi connectivity index (χ3v) is 5.02. The second-order valence-electron chi connectivity index (χ2n) is 4.81. The van der Waals surface area contributed by atoms with Crippen molar-refractivity contribution in [3.8, 4) is 5.75 Å². The Bertz CT molecular complexity index is 557. The molecule has 1 aliphatic carbocycles. The van der Waals surface area contributed by atoms with Gasteiger partial charge in [0.2, 0.25) is 10.0 Å². The summed E-state index contributed by atoms with van der Waals surface area (Å²) >= 11 is 0. The summed E-state index contributed by atoms with van der Waals surface area (Å²) in [5, 5.41) is 0. The van der Waals surface area contributed by atoms with Crippen molar-refractivity contribution in [1.29, 1.82) is 0 Å². The number of hydrogen-bond donors (Lipinski definition) is 2. The van der Waals surface area contributed by atoms with Crippen LogP contribution in [-0.4, -0.2) is 21.6 Å². The van der Waals surface area contributed by atoms with Crippen LogP contribution in [0.3, 0.4) is 0 Å². The van der Waals surface area contributed by atoms with Crippen molar-refractivity contribution in [3.05, 3.63) is 23.8 Å². The lowest BCUT2D eigenvalue weighted by Crippen LogP contribution is -2.27. The summed E-state index contributed by atoms with van der Waals surface area (Å²) in [4.78, 5) is 0.246. The predicted molar refractivity (Wildman–Crippen MR) is 73.4 cm³/mol. The lowest BCUT2D eigenvalue weighted by atomic mass is 10.2. The molecule has 1 aliphatic rings. The van der Waals surface area contributed by atoms with Gasteiger partial charge in [0.25, 0.3) is 0 Å². The molecule has 106 valence electrons. The van der Waals surface area contributed by atoms with E-state index in [1.807, 2.05) is 0 Å². The van der Waals surface area contributed by atoms with Gasteiger partial charge in [-0.3, -0.25) is 0 Å². The van der Waals surface area contributed by atoms with E-state index < -0.39 is 10.0 Å². The molecule has 3 N–H and O–H groups in total. The van der Waals surface area contributed by atoms with Gasteiger partial charge in [0.05, 0.1) is 12.0 Å². The van der Waals surface area contributed by atoms with Gasteiger partial charge in [0, 0.05) is 18.2 Å². The number of sulfonamides is 1. The maximum absolute atomic E-state index is 12.2. The Morgan fingerprint density at radius 3 is 2.74 bits per heavy atom. The normalized spacial score (nSPS) is 22.3. The summed E-state index contributed by atoms with van der Waals surface area (Å²) in [6, 6.07) is 4.84. The van der Waals surface area contributed by atoms with Gasteiger partial charge < -0.3 is 10.5 Å². The number of nitrogens with two attached hydrogens (primary N) is 1.